The topological polar surface area (TPSA) is 96.6 Å². The van der Waals surface area contributed by atoms with Crippen molar-refractivity contribution in [3.8, 4) is 22.4 Å². The first kappa shape index (κ1) is 23.2. The van der Waals surface area contributed by atoms with Gasteiger partial charge in [0.15, 0.2) is 0 Å². The van der Waals surface area contributed by atoms with E-state index in [9.17, 15) is 4.79 Å². The van der Waals surface area contributed by atoms with Crippen LogP contribution in [0.3, 0.4) is 0 Å². The van der Waals surface area contributed by atoms with E-state index in [1.165, 1.54) is 0 Å². The monoisotopic (exact) mass is 476 g/mol. The lowest BCUT2D eigenvalue weighted by Gasteiger charge is -2.31. The number of morpholine rings is 1. The third-order valence-corrected chi connectivity index (χ3v) is 6.39. The van der Waals surface area contributed by atoms with Gasteiger partial charge in [-0.3, -0.25) is 4.79 Å². The van der Waals surface area contributed by atoms with Gasteiger partial charge in [-0.15, -0.1) is 0 Å². The average molecular weight is 477 g/mol. The molecule has 0 bridgehead atoms. The van der Waals surface area contributed by atoms with Gasteiger partial charge in [-0.25, -0.2) is 9.97 Å². The van der Waals surface area contributed by atoms with Crippen LogP contribution in [-0.4, -0.2) is 67.7 Å². The number of fused-ring (bicyclic) bond motifs is 1. The molecule has 5 rings (SSSR count). The Labute approximate surface area is 203 Å². The van der Waals surface area contributed by atoms with Crippen molar-refractivity contribution in [3.05, 3.63) is 59.2 Å². The summed E-state index contributed by atoms with van der Waals surface area (Å²) in [5.41, 5.74) is 11.8. The van der Waals surface area contributed by atoms with E-state index in [0.717, 1.165) is 42.0 Å². The largest absolute Gasteiger partial charge is 0.383 e. The van der Waals surface area contributed by atoms with Crippen LogP contribution in [0.2, 0.25) is 0 Å². The number of pyridine rings is 2. The minimum absolute atomic E-state index is 0.0818. The van der Waals surface area contributed by atoms with Gasteiger partial charge in [0.2, 0.25) is 5.95 Å². The number of nitrogens with two attached hydrogens (primary N) is 1. The molecule has 4 heterocycles. The Morgan fingerprint density at radius 3 is 2.66 bits per heavy atom. The summed E-state index contributed by atoms with van der Waals surface area (Å²) in [6.45, 7) is 4.13. The normalized spacial score (nSPS) is 15.8. The van der Waals surface area contributed by atoms with Crippen molar-refractivity contribution < 1.29 is 13.9 Å². The predicted molar refractivity (Wildman–Crippen MR) is 134 cm³/mol. The predicted octanol–water partition coefficient (Wildman–Crippen LogP) is 2.72. The molecule has 0 atom stereocenters. The van der Waals surface area contributed by atoms with E-state index >= 15 is 4.39 Å². The summed E-state index contributed by atoms with van der Waals surface area (Å²) in [6.07, 6.45) is 0.731. The van der Waals surface area contributed by atoms with E-state index in [-0.39, 0.29) is 17.3 Å². The van der Waals surface area contributed by atoms with E-state index in [0.29, 0.717) is 43.1 Å². The highest BCUT2D eigenvalue weighted by molar-refractivity contribution is 5.97. The first-order valence-corrected chi connectivity index (χ1v) is 11.8. The number of ether oxygens (including phenoxy) is 1. The molecule has 1 fully saturated rings. The highest BCUT2D eigenvalue weighted by atomic mass is 19.1. The molecule has 3 aromatic rings. The van der Waals surface area contributed by atoms with Crippen LogP contribution >= 0.6 is 0 Å². The van der Waals surface area contributed by atoms with Crippen molar-refractivity contribution >= 4 is 17.4 Å². The Morgan fingerprint density at radius 2 is 1.89 bits per heavy atom. The molecule has 2 aliphatic rings. The highest BCUT2D eigenvalue weighted by Crippen LogP contribution is 2.34. The number of nitrogens with zero attached hydrogens (tertiary/aromatic N) is 4. The summed E-state index contributed by atoms with van der Waals surface area (Å²) in [4.78, 5) is 25.3. The fourth-order valence-electron chi connectivity index (χ4n) is 4.66. The lowest BCUT2D eigenvalue weighted by atomic mass is 9.94. The minimum Gasteiger partial charge on any atom is -0.383 e. The number of amides is 1. The molecule has 9 heteroatoms. The zero-order chi connectivity index (χ0) is 24.5. The SMILES string of the molecule is CN(C)Cc1nc(-c2cc(-c3ccc4c(c3)CCNC4=O)c(N)nc2F)ccc1N1CCOCC1. The third-order valence-electron chi connectivity index (χ3n) is 6.39. The maximum atomic E-state index is 15.1. The standard InChI is InChI=1S/C26H29FN6O2/c1-32(2)15-22-23(33-9-11-35-12-10-33)6-5-21(30-22)20-14-19(25(28)31-24(20)27)16-3-4-18-17(13-16)7-8-29-26(18)34/h3-6,13-14H,7-12,15H2,1-2H3,(H2,28,31)(H,29,34). The van der Waals surface area contributed by atoms with Crippen molar-refractivity contribution in [1.29, 1.82) is 0 Å². The van der Waals surface area contributed by atoms with Crippen molar-refractivity contribution in [2.45, 2.75) is 13.0 Å². The van der Waals surface area contributed by atoms with Gasteiger partial charge in [0.25, 0.3) is 5.91 Å². The number of benzene rings is 1. The smallest absolute Gasteiger partial charge is 0.251 e. The molecule has 8 nitrogen and oxygen atoms in total. The van der Waals surface area contributed by atoms with Crippen LogP contribution in [0.15, 0.2) is 36.4 Å². The van der Waals surface area contributed by atoms with Gasteiger partial charge in [0, 0.05) is 37.3 Å². The van der Waals surface area contributed by atoms with E-state index < -0.39 is 5.95 Å². The molecule has 0 saturated carbocycles. The number of carbonyl (C=O) groups excluding carboxylic acids is 1. The van der Waals surface area contributed by atoms with E-state index in [1.807, 2.05) is 43.3 Å². The third kappa shape index (κ3) is 4.69. The van der Waals surface area contributed by atoms with Gasteiger partial charge in [-0.2, -0.15) is 4.39 Å². The minimum atomic E-state index is -0.661. The summed E-state index contributed by atoms with van der Waals surface area (Å²) in [5.74, 6) is -0.641. The van der Waals surface area contributed by atoms with Crippen molar-refractivity contribution in [3.63, 3.8) is 0 Å². The number of hydrogen-bond donors (Lipinski definition) is 2. The summed E-state index contributed by atoms with van der Waals surface area (Å²) in [6, 6.07) is 11.1. The maximum Gasteiger partial charge on any atom is 0.251 e. The molecule has 2 aliphatic heterocycles. The summed E-state index contributed by atoms with van der Waals surface area (Å²) >= 11 is 0. The Morgan fingerprint density at radius 1 is 1.09 bits per heavy atom. The molecule has 1 aromatic carbocycles. The van der Waals surface area contributed by atoms with E-state index in [2.05, 4.69) is 15.2 Å². The van der Waals surface area contributed by atoms with Gasteiger partial charge >= 0.3 is 0 Å². The van der Waals surface area contributed by atoms with Gasteiger partial charge in [0.05, 0.1) is 35.9 Å². The first-order valence-electron chi connectivity index (χ1n) is 11.8. The second-order valence-corrected chi connectivity index (χ2v) is 9.14. The molecular formula is C26H29FN6O2. The van der Waals surface area contributed by atoms with Crippen LogP contribution in [0, 0.1) is 5.95 Å². The molecule has 1 amide bonds. The number of carbonyl (C=O) groups is 1. The van der Waals surface area contributed by atoms with Gasteiger partial charge < -0.3 is 25.6 Å². The Bertz CT molecular complexity index is 1270. The molecule has 3 N–H and O–H groups in total. The van der Waals surface area contributed by atoms with E-state index in [4.69, 9.17) is 15.5 Å². The molecule has 182 valence electrons. The molecule has 0 spiro atoms. The second-order valence-electron chi connectivity index (χ2n) is 9.14. The van der Waals surface area contributed by atoms with Crippen LogP contribution in [0.1, 0.15) is 21.6 Å². The fourth-order valence-corrected chi connectivity index (χ4v) is 4.66. The molecule has 2 aromatic heterocycles. The quantitative estimate of drug-likeness (QED) is 0.547. The Balaban J connectivity index is 1.56. The maximum absolute atomic E-state index is 15.1. The van der Waals surface area contributed by atoms with Crippen LogP contribution in [0.5, 0.6) is 0 Å². The number of rotatable bonds is 5. The number of aromatic nitrogens is 2. The fraction of sp³-hybridized carbons (Fsp3) is 0.346. The zero-order valence-electron chi connectivity index (χ0n) is 20.0. The lowest BCUT2D eigenvalue weighted by Crippen LogP contribution is -2.37. The lowest BCUT2D eigenvalue weighted by molar-refractivity contribution is 0.0946. The molecule has 0 unspecified atom stereocenters. The molecule has 35 heavy (non-hydrogen) atoms. The zero-order valence-corrected chi connectivity index (χ0v) is 20.0. The van der Waals surface area contributed by atoms with Gasteiger partial charge in [-0.05, 0) is 55.9 Å². The van der Waals surface area contributed by atoms with Crippen LogP contribution in [-0.2, 0) is 17.7 Å². The van der Waals surface area contributed by atoms with Gasteiger partial charge in [0.1, 0.15) is 5.82 Å². The van der Waals surface area contributed by atoms with Crippen molar-refractivity contribution in [1.82, 2.24) is 20.2 Å². The number of nitrogens with one attached hydrogen (secondary N) is 1. The van der Waals surface area contributed by atoms with Crippen molar-refractivity contribution in [2.75, 3.05) is 57.6 Å². The molecule has 0 aliphatic carbocycles. The van der Waals surface area contributed by atoms with Gasteiger partial charge in [-0.1, -0.05) is 12.1 Å². The second kappa shape index (κ2) is 9.59. The number of anilines is 2. The highest BCUT2D eigenvalue weighted by Gasteiger charge is 2.21. The summed E-state index contributed by atoms with van der Waals surface area (Å²) in [7, 11) is 3.97. The van der Waals surface area contributed by atoms with Crippen molar-refractivity contribution in [2.24, 2.45) is 0 Å². The Kier molecular flexibility index (Phi) is 6.36. The van der Waals surface area contributed by atoms with Crippen LogP contribution < -0.4 is 16.0 Å². The number of nitrogen functional groups attached to an aromatic ring is 1. The number of hydrogen-bond acceptors (Lipinski definition) is 7. The van der Waals surface area contributed by atoms with Crippen LogP contribution in [0.4, 0.5) is 15.9 Å². The molecule has 1 saturated heterocycles. The Hall–Kier alpha value is -3.56. The first-order chi connectivity index (χ1) is 16.9. The number of halogens is 1. The average Bonchev–Trinajstić information content (AvgIpc) is 2.84. The van der Waals surface area contributed by atoms with E-state index in [1.54, 1.807) is 12.1 Å². The summed E-state index contributed by atoms with van der Waals surface area (Å²) in [5, 5.41) is 2.85. The summed E-state index contributed by atoms with van der Waals surface area (Å²) < 4.78 is 20.6. The van der Waals surface area contributed by atoms with Crippen LogP contribution in [0.25, 0.3) is 22.4 Å². The molecular weight excluding hydrogens is 447 g/mol. The molecule has 0 radical (unpaired) electrons.